The van der Waals surface area contributed by atoms with Gasteiger partial charge in [-0.15, -0.1) is 0 Å². The second kappa shape index (κ2) is 10.1. The van der Waals surface area contributed by atoms with Crippen LogP contribution in [0.15, 0.2) is 24.3 Å². The quantitative estimate of drug-likeness (QED) is 0.183. The fourth-order valence-corrected chi connectivity index (χ4v) is 3.32. The normalized spacial score (nSPS) is 24.0. The maximum absolute atomic E-state index is 12.7. The predicted molar refractivity (Wildman–Crippen MR) is 110 cm³/mol. The van der Waals surface area contributed by atoms with E-state index >= 15 is 0 Å². The van der Waals surface area contributed by atoms with E-state index in [1.165, 1.54) is 0 Å². The number of ether oxygens (including phenoxy) is 4. The Balaban J connectivity index is 1.93. The van der Waals surface area contributed by atoms with E-state index in [4.69, 9.17) is 18.9 Å². The smallest absolute Gasteiger partial charge is 0.339 e. The van der Waals surface area contributed by atoms with Crippen LogP contribution in [0.2, 0.25) is 0 Å². The van der Waals surface area contributed by atoms with Crippen molar-refractivity contribution < 1.29 is 69.4 Å². The van der Waals surface area contributed by atoms with Gasteiger partial charge in [0.1, 0.15) is 12.2 Å². The Bertz CT molecular complexity index is 1070. The van der Waals surface area contributed by atoms with Gasteiger partial charge in [0.15, 0.2) is 53.0 Å². The summed E-state index contributed by atoms with van der Waals surface area (Å²) >= 11 is 0. The van der Waals surface area contributed by atoms with Crippen LogP contribution < -0.4 is 0 Å². The van der Waals surface area contributed by atoms with E-state index in [0.717, 1.165) is 31.4 Å². The average molecular weight is 498 g/mol. The third-order valence-corrected chi connectivity index (χ3v) is 5.13. The summed E-state index contributed by atoms with van der Waals surface area (Å²) in [6.07, 6.45) is -8.02. The molecule has 3 rings (SSSR count). The Morgan fingerprint density at radius 1 is 0.800 bits per heavy atom. The van der Waals surface area contributed by atoms with Crippen molar-refractivity contribution in [1.82, 2.24) is 0 Å². The monoisotopic (exact) mass is 498 g/mol. The second-order valence-corrected chi connectivity index (χ2v) is 7.42. The third-order valence-electron chi connectivity index (χ3n) is 5.13. The van der Waals surface area contributed by atoms with Gasteiger partial charge in [0, 0.05) is 7.11 Å². The van der Waals surface area contributed by atoms with E-state index in [1.54, 1.807) is 0 Å². The molecule has 0 amide bonds. The minimum Gasteiger partial charge on any atom is -0.504 e. The average Bonchev–Trinajstić information content (AvgIpc) is 2.82. The highest BCUT2D eigenvalue weighted by molar-refractivity contribution is 5.92. The molecule has 0 unspecified atom stereocenters. The highest BCUT2D eigenvalue weighted by Crippen LogP contribution is 2.37. The molecule has 1 aliphatic rings. The lowest BCUT2D eigenvalue weighted by Gasteiger charge is -2.42. The fourth-order valence-electron chi connectivity index (χ4n) is 3.32. The van der Waals surface area contributed by atoms with Gasteiger partial charge in [-0.3, -0.25) is 0 Å². The van der Waals surface area contributed by atoms with Gasteiger partial charge in [0.25, 0.3) is 0 Å². The number of carbonyl (C=O) groups excluding carboxylic acids is 2. The Morgan fingerprint density at radius 2 is 1.20 bits per heavy atom. The molecule has 2 aromatic rings. The first-order chi connectivity index (χ1) is 16.5. The topological polar surface area (TPSA) is 233 Å². The van der Waals surface area contributed by atoms with Crippen LogP contribution in [0.25, 0.3) is 0 Å². The molecular weight excluding hydrogens is 476 g/mol. The Morgan fingerprint density at radius 3 is 1.57 bits per heavy atom. The van der Waals surface area contributed by atoms with Crippen molar-refractivity contribution in [1.29, 1.82) is 0 Å². The third kappa shape index (κ3) is 5.09. The fraction of sp³-hybridized carbons (Fsp3) is 0.333. The molecule has 1 saturated heterocycles. The van der Waals surface area contributed by atoms with Crippen molar-refractivity contribution in [2.75, 3.05) is 13.7 Å². The molecule has 0 radical (unpaired) electrons. The van der Waals surface area contributed by atoms with Crippen LogP contribution in [0.5, 0.6) is 34.5 Å². The Hall–Kier alpha value is -3.98. The lowest BCUT2D eigenvalue weighted by molar-refractivity contribution is -0.292. The highest BCUT2D eigenvalue weighted by Gasteiger charge is 2.50. The number of aliphatic hydroxyl groups is 2. The number of hydrogen-bond donors (Lipinski definition) is 8. The van der Waals surface area contributed by atoms with Crippen molar-refractivity contribution >= 4 is 11.9 Å². The van der Waals surface area contributed by atoms with Crippen LogP contribution in [0.1, 0.15) is 20.7 Å². The summed E-state index contributed by atoms with van der Waals surface area (Å²) in [7, 11) is 1.13. The van der Waals surface area contributed by atoms with Crippen LogP contribution in [-0.4, -0.2) is 97.2 Å². The van der Waals surface area contributed by atoms with Crippen LogP contribution >= 0.6 is 0 Å². The number of benzene rings is 2. The largest absolute Gasteiger partial charge is 0.504 e. The number of phenolic OH excluding ortho intramolecular Hbond substituents is 6. The van der Waals surface area contributed by atoms with Gasteiger partial charge in [-0.05, 0) is 24.3 Å². The van der Waals surface area contributed by atoms with Crippen LogP contribution in [0.4, 0.5) is 0 Å². The summed E-state index contributed by atoms with van der Waals surface area (Å²) in [6.45, 7) is -0.754. The molecule has 35 heavy (non-hydrogen) atoms. The maximum atomic E-state index is 12.7. The van der Waals surface area contributed by atoms with Crippen molar-refractivity contribution in [3.8, 4) is 34.5 Å². The van der Waals surface area contributed by atoms with E-state index < -0.39 is 94.9 Å². The minimum atomic E-state index is -1.77. The zero-order chi connectivity index (χ0) is 26.0. The van der Waals surface area contributed by atoms with Crippen molar-refractivity contribution in [3.63, 3.8) is 0 Å². The van der Waals surface area contributed by atoms with Crippen molar-refractivity contribution in [2.24, 2.45) is 0 Å². The lowest BCUT2D eigenvalue weighted by atomic mass is 9.98. The van der Waals surface area contributed by atoms with Gasteiger partial charge >= 0.3 is 11.9 Å². The summed E-state index contributed by atoms with van der Waals surface area (Å²) in [4.78, 5) is 25.4. The molecule has 0 spiro atoms. The summed E-state index contributed by atoms with van der Waals surface area (Å²) < 4.78 is 20.9. The van der Waals surface area contributed by atoms with Crippen LogP contribution in [0, 0.1) is 0 Å². The maximum Gasteiger partial charge on any atom is 0.339 e. The number of phenols is 6. The number of hydrogen-bond acceptors (Lipinski definition) is 14. The summed E-state index contributed by atoms with van der Waals surface area (Å²) in [5.41, 5.74) is -0.894. The molecule has 1 fully saturated rings. The number of aliphatic hydroxyl groups excluding tert-OH is 2. The molecule has 0 saturated carbocycles. The SMILES string of the molecule is CO[C@H]1O[C@@H](CO)[C@@H](O)[C@@H](OC(=O)c2cc(O)c(O)c(O)c2)[C@@H]1OC(=O)c1cc(O)c(O)c(O)c1. The zero-order valence-corrected chi connectivity index (χ0v) is 17.9. The standard InChI is InChI=1S/C21H22O14/c1-32-21-18(35-20(31)8-4-11(25)15(28)12(26)5-8)17(16(29)13(6-22)33-21)34-19(30)7-2-9(23)14(27)10(24)3-7/h2-5,13,16-18,21-29H,6H2,1H3/t13-,16+,17+,18-,21-/m0/s1. The first kappa shape index (κ1) is 25.6. The van der Waals surface area contributed by atoms with Gasteiger partial charge in [0.2, 0.25) is 0 Å². The van der Waals surface area contributed by atoms with Gasteiger partial charge in [-0.25, -0.2) is 9.59 Å². The molecule has 14 heteroatoms. The number of rotatable bonds is 6. The first-order valence-corrected chi connectivity index (χ1v) is 9.87. The molecule has 8 N–H and O–H groups in total. The summed E-state index contributed by atoms with van der Waals surface area (Å²) in [6, 6.07) is 3.09. The molecule has 0 aliphatic carbocycles. The molecule has 190 valence electrons. The van der Waals surface area contributed by atoms with Gasteiger partial charge in [0.05, 0.1) is 17.7 Å². The lowest BCUT2D eigenvalue weighted by Crippen LogP contribution is -2.61. The van der Waals surface area contributed by atoms with E-state index in [-0.39, 0.29) is 0 Å². The molecule has 0 bridgehead atoms. The van der Waals surface area contributed by atoms with Crippen molar-refractivity contribution in [3.05, 3.63) is 35.4 Å². The predicted octanol–water partition coefficient (Wildman–Crippen LogP) is -0.604. The van der Waals surface area contributed by atoms with Crippen LogP contribution in [0.3, 0.4) is 0 Å². The molecule has 0 aromatic heterocycles. The second-order valence-electron chi connectivity index (χ2n) is 7.42. The molecule has 14 nitrogen and oxygen atoms in total. The van der Waals surface area contributed by atoms with Gasteiger partial charge < -0.3 is 59.8 Å². The summed E-state index contributed by atoms with van der Waals surface area (Å²) in [5.74, 6) is -7.60. The summed E-state index contributed by atoms with van der Waals surface area (Å²) in [5, 5.41) is 77.6. The number of aromatic hydroxyl groups is 6. The highest BCUT2D eigenvalue weighted by atomic mass is 16.7. The van der Waals surface area contributed by atoms with Crippen LogP contribution in [-0.2, 0) is 18.9 Å². The number of methoxy groups -OCH3 is 1. The van der Waals surface area contributed by atoms with Gasteiger partial charge in [-0.1, -0.05) is 0 Å². The molecule has 5 atom stereocenters. The van der Waals surface area contributed by atoms with Gasteiger partial charge in [-0.2, -0.15) is 0 Å². The van der Waals surface area contributed by atoms with E-state index in [2.05, 4.69) is 0 Å². The number of esters is 2. The van der Waals surface area contributed by atoms with E-state index in [1.807, 2.05) is 0 Å². The molecule has 2 aromatic carbocycles. The van der Waals surface area contributed by atoms with E-state index in [9.17, 15) is 50.4 Å². The molecule has 1 aliphatic heterocycles. The number of carbonyl (C=O) groups is 2. The van der Waals surface area contributed by atoms with Crippen molar-refractivity contribution in [2.45, 2.75) is 30.7 Å². The molecular formula is C21H22O14. The Kier molecular flexibility index (Phi) is 7.40. The Labute approximate surface area is 196 Å². The first-order valence-electron chi connectivity index (χ1n) is 9.87. The molecule has 1 heterocycles. The van der Waals surface area contributed by atoms with E-state index in [0.29, 0.717) is 0 Å². The minimum absolute atomic E-state index is 0.440. The zero-order valence-electron chi connectivity index (χ0n) is 17.9.